The Bertz CT molecular complexity index is 1640. The zero-order valence-corrected chi connectivity index (χ0v) is 28.5. The predicted molar refractivity (Wildman–Crippen MR) is 178 cm³/mol. The summed E-state index contributed by atoms with van der Waals surface area (Å²) in [5.74, 6) is -0.0973. The molecule has 0 spiro atoms. The van der Waals surface area contributed by atoms with Crippen LogP contribution >= 0.6 is 11.6 Å². The Hall–Kier alpha value is -3.96. The van der Waals surface area contributed by atoms with Crippen LogP contribution in [0.5, 0.6) is 17.2 Å². The molecule has 0 radical (unpaired) electrons. The molecule has 1 fully saturated rings. The van der Waals surface area contributed by atoms with E-state index in [0.29, 0.717) is 12.2 Å². The second-order valence-electron chi connectivity index (χ2n) is 11.3. The molecule has 3 aromatic carbocycles. The van der Waals surface area contributed by atoms with Crippen molar-refractivity contribution in [3.05, 3.63) is 76.8 Å². The summed E-state index contributed by atoms with van der Waals surface area (Å²) in [6.45, 7) is 3.26. The highest BCUT2D eigenvalue weighted by atomic mass is 35.5. The van der Waals surface area contributed by atoms with Gasteiger partial charge < -0.3 is 24.4 Å². The Kier molecular flexibility index (Phi) is 11.8. The predicted octanol–water partition coefficient (Wildman–Crippen LogP) is 5.74. The van der Waals surface area contributed by atoms with Crippen molar-refractivity contribution in [2.24, 2.45) is 0 Å². The fraction of sp³-hybridized carbons (Fsp3) is 0.412. The molecule has 0 unspecified atom stereocenters. The van der Waals surface area contributed by atoms with Crippen molar-refractivity contribution in [3.8, 4) is 17.2 Å². The van der Waals surface area contributed by atoms with E-state index >= 15 is 0 Å². The van der Waals surface area contributed by atoms with E-state index < -0.39 is 28.5 Å². The minimum atomic E-state index is -4.43. The first-order chi connectivity index (χ1) is 22.0. The van der Waals surface area contributed by atoms with Gasteiger partial charge in [-0.05, 0) is 62.1 Å². The fourth-order valence-electron chi connectivity index (χ4n) is 5.77. The minimum Gasteiger partial charge on any atom is -0.495 e. The topological polar surface area (TPSA) is 114 Å². The number of ether oxygens (including phenoxy) is 3. The Morgan fingerprint density at radius 1 is 0.935 bits per heavy atom. The molecule has 2 amide bonds. The molecule has 0 heterocycles. The smallest absolute Gasteiger partial charge is 0.265 e. The molecule has 0 aliphatic heterocycles. The van der Waals surface area contributed by atoms with Crippen LogP contribution in [-0.2, 0) is 26.2 Å². The van der Waals surface area contributed by atoms with Gasteiger partial charge in [0.25, 0.3) is 10.0 Å². The molecule has 46 heavy (non-hydrogen) atoms. The van der Waals surface area contributed by atoms with Crippen LogP contribution in [0.4, 0.5) is 5.69 Å². The third-order valence-electron chi connectivity index (χ3n) is 8.15. The number of hydrogen-bond donors (Lipinski definition) is 1. The first kappa shape index (κ1) is 34.9. The maximum atomic E-state index is 14.5. The molecule has 10 nitrogen and oxygen atoms in total. The maximum absolute atomic E-state index is 14.5. The molecular formula is C34H42ClN3O7S. The van der Waals surface area contributed by atoms with Crippen LogP contribution in [0.25, 0.3) is 0 Å². The van der Waals surface area contributed by atoms with E-state index in [-0.39, 0.29) is 45.6 Å². The number of hydrogen-bond acceptors (Lipinski definition) is 7. The Morgan fingerprint density at radius 3 is 2.24 bits per heavy atom. The highest BCUT2D eigenvalue weighted by molar-refractivity contribution is 7.92. The monoisotopic (exact) mass is 671 g/mol. The van der Waals surface area contributed by atoms with Gasteiger partial charge in [0.2, 0.25) is 11.8 Å². The number of halogens is 1. The lowest BCUT2D eigenvalue weighted by atomic mass is 10.1. The molecule has 3 aromatic rings. The highest BCUT2D eigenvalue weighted by Gasteiger charge is 2.36. The lowest BCUT2D eigenvalue weighted by Crippen LogP contribution is -2.53. The van der Waals surface area contributed by atoms with Crippen molar-refractivity contribution < 1.29 is 32.2 Å². The Morgan fingerprint density at radius 2 is 1.61 bits per heavy atom. The summed E-state index contributed by atoms with van der Waals surface area (Å²) in [5, 5.41) is 3.37. The quantitative estimate of drug-likeness (QED) is 0.233. The van der Waals surface area contributed by atoms with Gasteiger partial charge in [0.15, 0.2) is 11.5 Å². The van der Waals surface area contributed by atoms with Crippen LogP contribution in [-0.4, -0.2) is 65.1 Å². The Balaban J connectivity index is 1.80. The standard InChI is InChI=1S/C34H42ClN3O7S/c1-6-28(34(40)36-26-12-7-8-13-26)37(21-24-11-9-10-23(2)18-24)33(39)22-38(29-19-25(35)14-16-30(29)43-3)46(41,42)27-15-17-31(44-4)32(20-27)45-5/h9-11,14-20,26,28H,6-8,12-13,21-22H2,1-5H3,(H,36,40)/t28-/m1/s1. The van der Waals surface area contributed by atoms with Gasteiger partial charge in [0.05, 0.1) is 31.9 Å². The molecule has 1 atom stereocenters. The number of benzene rings is 3. The van der Waals surface area contributed by atoms with Crippen molar-refractivity contribution in [1.82, 2.24) is 10.2 Å². The van der Waals surface area contributed by atoms with E-state index in [1.165, 1.54) is 56.6 Å². The second-order valence-corrected chi connectivity index (χ2v) is 13.6. The van der Waals surface area contributed by atoms with Crippen LogP contribution in [0.3, 0.4) is 0 Å². The van der Waals surface area contributed by atoms with E-state index in [1.807, 2.05) is 38.1 Å². The van der Waals surface area contributed by atoms with Gasteiger partial charge in [-0.1, -0.05) is 61.2 Å². The van der Waals surface area contributed by atoms with Crippen molar-refractivity contribution >= 4 is 39.1 Å². The summed E-state index contributed by atoms with van der Waals surface area (Å²) >= 11 is 6.36. The molecule has 0 aromatic heterocycles. The molecule has 12 heteroatoms. The molecule has 4 rings (SSSR count). The lowest BCUT2D eigenvalue weighted by molar-refractivity contribution is -0.140. The van der Waals surface area contributed by atoms with Crippen molar-refractivity contribution in [3.63, 3.8) is 0 Å². The molecule has 0 bridgehead atoms. The van der Waals surface area contributed by atoms with Gasteiger partial charge in [-0.2, -0.15) is 0 Å². The van der Waals surface area contributed by atoms with Crippen LogP contribution < -0.4 is 23.8 Å². The largest absolute Gasteiger partial charge is 0.495 e. The molecule has 1 aliphatic carbocycles. The maximum Gasteiger partial charge on any atom is 0.265 e. The third kappa shape index (κ3) is 8.06. The van der Waals surface area contributed by atoms with Crippen LogP contribution in [0.2, 0.25) is 5.02 Å². The average molecular weight is 672 g/mol. The van der Waals surface area contributed by atoms with E-state index in [9.17, 15) is 18.0 Å². The summed E-state index contributed by atoms with van der Waals surface area (Å²) < 4.78 is 46.0. The van der Waals surface area contributed by atoms with Gasteiger partial charge in [-0.15, -0.1) is 0 Å². The number of aryl methyl sites for hydroxylation is 1. The highest BCUT2D eigenvalue weighted by Crippen LogP contribution is 2.37. The van der Waals surface area contributed by atoms with E-state index in [2.05, 4.69) is 5.32 Å². The molecule has 1 N–H and O–H groups in total. The summed E-state index contributed by atoms with van der Waals surface area (Å²) in [6, 6.07) is 15.6. The molecular weight excluding hydrogens is 630 g/mol. The summed E-state index contributed by atoms with van der Waals surface area (Å²) in [5.41, 5.74) is 1.88. The number of amides is 2. The molecule has 1 aliphatic rings. The zero-order valence-electron chi connectivity index (χ0n) is 26.9. The van der Waals surface area contributed by atoms with Gasteiger partial charge in [-0.25, -0.2) is 8.42 Å². The van der Waals surface area contributed by atoms with Gasteiger partial charge >= 0.3 is 0 Å². The van der Waals surface area contributed by atoms with Gasteiger partial charge in [0.1, 0.15) is 18.3 Å². The van der Waals surface area contributed by atoms with Crippen molar-refractivity contribution in [2.75, 3.05) is 32.2 Å². The van der Waals surface area contributed by atoms with Crippen molar-refractivity contribution in [2.45, 2.75) is 69.5 Å². The lowest BCUT2D eigenvalue weighted by Gasteiger charge is -2.34. The number of nitrogens with zero attached hydrogens (tertiary/aromatic N) is 2. The zero-order chi connectivity index (χ0) is 33.4. The minimum absolute atomic E-state index is 0.0510. The number of methoxy groups -OCH3 is 3. The van der Waals surface area contributed by atoms with Crippen LogP contribution in [0.15, 0.2) is 65.6 Å². The summed E-state index contributed by atoms with van der Waals surface area (Å²) in [7, 11) is -0.175. The number of anilines is 1. The molecule has 1 saturated carbocycles. The number of nitrogens with one attached hydrogen (secondary N) is 1. The normalized spacial score (nSPS) is 14.0. The average Bonchev–Trinajstić information content (AvgIpc) is 3.56. The Labute approximate surface area is 276 Å². The van der Waals surface area contributed by atoms with E-state index in [4.69, 9.17) is 25.8 Å². The van der Waals surface area contributed by atoms with Crippen LogP contribution in [0, 0.1) is 6.92 Å². The number of carbonyl (C=O) groups excluding carboxylic acids is 2. The van der Waals surface area contributed by atoms with Crippen molar-refractivity contribution in [1.29, 1.82) is 0 Å². The number of rotatable bonds is 14. The van der Waals surface area contributed by atoms with E-state index in [0.717, 1.165) is 41.1 Å². The fourth-order valence-corrected chi connectivity index (χ4v) is 7.37. The van der Waals surface area contributed by atoms with Gasteiger partial charge in [-0.3, -0.25) is 13.9 Å². The summed E-state index contributed by atoms with van der Waals surface area (Å²) in [6.07, 6.45) is 4.19. The van der Waals surface area contributed by atoms with Crippen LogP contribution in [0.1, 0.15) is 50.2 Å². The molecule has 0 saturated heterocycles. The number of sulfonamides is 1. The second kappa shape index (κ2) is 15.6. The SMILES string of the molecule is CC[C@H](C(=O)NC1CCCC1)N(Cc1cccc(C)c1)C(=O)CN(c1cc(Cl)ccc1OC)S(=O)(=O)c1ccc(OC)c(OC)c1. The van der Waals surface area contributed by atoms with E-state index in [1.54, 1.807) is 6.07 Å². The first-order valence-corrected chi connectivity index (χ1v) is 17.1. The van der Waals surface area contributed by atoms with Gasteiger partial charge in [0, 0.05) is 23.7 Å². The number of carbonyl (C=O) groups is 2. The molecule has 248 valence electrons. The summed E-state index contributed by atoms with van der Waals surface area (Å²) in [4.78, 5) is 29.5. The third-order valence-corrected chi connectivity index (χ3v) is 10.1. The first-order valence-electron chi connectivity index (χ1n) is 15.3.